The molecule has 0 bridgehead atoms. The van der Waals surface area contributed by atoms with Crippen LogP contribution in [0.3, 0.4) is 0 Å². The van der Waals surface area contributed by atoms with Crippen molar-refractivity contribution >= 4 is 0 Å². The van der Waals surface area contributed by atoms with E-state index in [1.54, 1.807) is 0 Å². The molecule has 0 aliphatic carbocycles. The van der Waals surface area contributed by atoms with E-state index in [0.29, 0.717) is 6.10 Å². The molecule has 2 nitrogen and oxygen atoms in total. The Kier molecular flexibility index (Phi) is 1.56. The number of benzene rings is 1. The van der Waals surface area contributed by atoms with Crippen molar-refractivity contribution in [3.63, 3.8) is 0 Å². The lowest BCUT2D eigenvalue weighted by Gasteiger charge is -2.01. The summed E-state index contributed by atoms with van der Waals surface area (Å²) in [5.41, 5.74) is 2.74. The van der Waals surface area contributed by atoms with Crippen molar-refractivity contribution in [1.82, 2.24) is 0 Å². The molecule has 0 N–H and O–H groups in total. The summed E-state index contributed by atoms with van der Waals surface area (Å²) in [6.45, 7) is 1.78. The molecule has 0 saturated carbocycles. The molecule has 2 heterocycles. The number of ether oxygens (including phenoxy) is 2. The molecule has 0 unspecified atom stereocenters. The van der Waals surface area contributed by atoms with Crippen LogP contribution in [0.25, 0.3) is 0 Å². The second-order valence-electron chi connectivity index (χ2n) is 3.70. The van der Waals surface area contributed by atoms with Gasteiger partial charge in [0.2, 0.25) is 0 Å². The van der Waals surface area contributed by atoms with Crippen LogP contribution in [0.4, 0.5) is 0 Å². The van der Waals surface area contributed by atoms with Gasteiger partial charge in [-0.05, 0) is 17.2 Å². The van der Waals surface area contributed by atoms with E-state index in [1.807, 2.05) is 0 Å². The minimum Gasteiger partial charge on any atom is -0.493 e. The molecule has 2 aliphatic rings. The maximum Gasteiger partial charge on any atom is 0.122 e. The van der Waals surface area contributed by atoms with E-state index in [-0.39, 0.29) is 0 Å². The molecule has 1 atom stereocenters. The summed E-state index contributed by atoms with van der Waals surface area (Å²) in [6.07, 6.45) is 2.61. The molecular weight excluding hydrogens is 164 g/mol. The summed E-state index contributed by atoms with van der Waals surface area (Å²) in [7, 11) is 0. The first-order chi connectivity index (χ1) is 6.42. The summed E-state index contributed by atoms with van der Waals surface area (Å²) >= 11 is 0. The minimum absolute atomic E-state index is 0.486. The Labute approximate surface area is 77.5 Å². The molecule has 1 saturated heterocycles. The summed E-state index contributed by atoms with van der Waals surface area (Å²) < 4.78 is 10.6. The number of hydrogen-bond donors (Lipinski definition) is 0. The number of hydrogen-bond acceptors (Lipinski definition) is 2. The topological polar surface area (TPSA) is 21.8 Å². The van der Waals surface area contributed by atoms with Crippen LogP contribution < -0.4 is 4.74 Å². The first kappa shape index (κ1) is 7.39. The van der Waals surface area contributed by atoms with Crippen molar-refractivity contribution in [3.8, 4) is 5.75 Å². The van der Waals surface area contributed by atoms with Crippen molar-refractivity contribution < 1.29 is 9.47 Å². The van der Waals surface area contributed by atoms with Gasteiger partial charge in [-0.3, -0.25) is 0 Å². The Morgan fingerprint density at radius 1 is 1.38 bits per heavy atom. The zero-order chi connectivity index (χ0) is 8.67. The molecule has 0 radical (unpaired) electrons. The molecule has 1 aromatic rings. The van der Waals surface area contributed by atoms with Gasteiger partial charge in [0.15, 0.2) is 0 Å². The van der Waals surface area contributed by atoms with Crippen molar-refractivity contribution in [2.45, 2.75) is 18.9 Å². The summed E-state index contributed by atoms with van der Waals surface area (Å²) in [4.78, 5) is 0. The van der Waals surface area contributed by atoms with Gasteiger partial charge in [0.05, 0.1) is 19.3 Å². The Hall–Kier alpha value is -1.02. The van der Waals surface area contributed by atoms with Gasteiger partial charge in [-0.1, -0.05) is 12.1 Å². The lowest BCUT2D eigenvalue weighted by molar-refractivity contribution is 0.356. The van der Waals surface area contributed by atoms with E-state index < -0.39 is 0 Å². The highest BCUT2D eigenvalue weighted by Gasteiger charge is 2.23. The third kappa shape index (κ3) is 1.42. The van der Waals surface area contributed by atoms with Crippen molar-refractivity contribution in [2.24, 2.45) is 0 Å². The SMILES string of the molecule is c1cc2c(cc1C[C@H]1CO1)CCO2. The molecule has 3 rings (SSSR count). The second-order valence-corrected chi connectivity index (χ2v) is 3.70. The number of fused-ring (bicyclic) bond motifs is 1. The molecule has 1 aromatic carbocycles. The molecule has 0 aromatic heterocycles. The molecule has 0 amide bonds. The molecule has 1 fully saturated rings. The number of rotatable bonds is 2. The van der Waals surface area contributed by atoms with Crippen LogP contribution in [0, 0.1) is 0 Å². The second kappa shape index (κ2) is 2.74. The summed E-state index contributed by atoms with van der Waals surface area (Å²) in [6, 6.07) is 6.48. The van der Waals surface area contributed by atoms with Crippen LogP contribution in [0.15, 0.2) is 18.2 Å². The summed E-state index contributed by atoms with van der Waals surface area (Å²) in [5, 5.41) is 0. The van der Waals surface area contributed by atoms with Crippen LogP contribution in [0.1, 0.15) is 11.1 Å². The fourth-order valence-electron chi connectivity index (χ4n) is 1.82. The Morgan fingerprint density at radius 2 is 2.31 bits per heavy atom. The van der Waals surface area contributed by atoms with Crippen LogP contribution in [0.2, 0.25) is 0 Å². The highest BCUT2D eigenvalue weighted by molar-refractivity contribution is 5.40. The average Bonchev–Trinajstić information content (AvgIpc) is 2.83. The number of epoxide rings is 1. The van der Waals surface area contributed by atoms with Crippen molar-refractivity contribution in [3.05, 3.63) is 29.3 Å². The first-order valence-corrected chi connectivity index (χ1v) is 4.78. The van der Waals surface area contributed by atoms with Gasteiger partial charge in [0.25, 0.3) is 0 Å². The maximum atomic E-state index is 5.44. The van der Waals surface area contributed by atoms with Crippen molar-refractivity contribution in [2.75, 3.05) is 13.2 Å². The largest absolute Gasteiger partial charge is 0.493 e. The van der Waals surface area contributed by atoms with E-state index >= 15 is 0 Å². The zero-order valence-corrected chi connectivity index (χ0v) is 7.45. The predicted molar refractivity (Wildman–Crippen MR) is 49.1 cm³/mol. The molecule has 2 heteroatoms. The average molecular weight is 176 g/mol. The monoisotopic (exact) mass is 176 g/mol. The van der Waals surface area contributed by atoms with Gasteiger partial charge in [-0.15, -0.1) is 0 Å². The fraction of sp³-hybridized carbons (Fsp3) is 0.455. The fourth-order valence-corrected chi connectivity index (χ4v) is 1.82. The van der Waals surface area contributed by atoms with Gasteiger partial charge in [0.1, 0.15) is 5.75 Å². The van der Waals surface area contributed by atoms with Crippen LogP contribution in [-0.2, 0) is 17.6 Å². The highest BCUT2D eigenvalue weighted by atomic mass is 16.6. The van der Waals surface area contributed by atoms with Gasteiger partial charge in [0, 0.05) is 12.8 Å². The quantitative estimate of drug-likeness (QED) is 0.638. The molecule has 0 spiro atoms. The van der Waals surface area contributed by atoms with Gasteiger partial charge >= 0.3 is 0 Å². The highest BCUT2D eigenvalue weighted by Crippen LogP contribution is 2.27. The molecular formula is C11H12O2. The zero-order valence-electron chi connectivity index (χ0n) is 7.45. The first-order valence-electron chi connectivity index (χ1n) is 4.78. The van der Waals surface area contributed by atoms with Gasteiger partial charge < -0.3 is 9.47 Å². The van der Waals surface area contributed by atoms with Crippen LogP contribution in [0.5, 0.6) is 5.75 Å². The third-order valence-electron chi connectivity index (χ3n) is 2.62. The smallest absolute Gasteiger partial charge is 0.122 e. The van der Waals surface area contributed by atoms with E-state index in [0.717, 1.165) is 31.8 Å². The van der Waals surface area contributed by atoms with E-state index in [2.05, 4.69) is 18.2 Å². The van der Waals surface area contributed by atoms with Crippen molar-refractivity contribution in [1.29, 1.82) is 0 Å². The van der Waals surface area contributed by atoms with E-state index in [4.69, 9.17) is 9.47 Å². The van der Waals surface area contributed by atoms with Gasteiger partial charge in [-0.25, -0.2) is 0 Å². The molecule has 68 valence electrons. The lowest BCUT2D eigenvalue weighted by atomic mass is 10.1. The minimum atomic E-state index is 0.486. The lowest BCUT2D eigenvalue weighted by Crippen LogP contribution is -1.93. The van der Waals surface area contributed by atoms with E-state index in [9.17, 15) is 0 Å². The van der Waals surface area contributed by atoms with E-state index in [1.165, 1.54) is 11.1 Å². The normalized spacial score (nSPS) is 23.8. The van der Waals surface area contributed by atoms with Crippen LogP contribution >= 0.6 is 0 Å². The Balaban J connectivity index is 1.86. The Morgan fingerprint density at radius 3 is 3.15 bits per heavy atom. The van der Waals surface area contributed by atoms with Crippen LogP contribution in [-0.4, -0.2) is 19.3 Å². The molecule has 13 heavy (non-hydrogen) atoms. The molecule has 2 aliphatic heterocycles. The predicted octanol–water partition coefficient (Wildman–Crippen LogP) is 1.56. The Bertz CT molecular complexity index is 329. The third-order valence-corrected chi connectivity index (χ3v) is 2.62. The maximum absolute atomic E-state index is 5.44. The standard InChI is InChI=1S/C11H12O2/c1-2-11-9(3-4-12-11)5-8(1)6-10-7-13-10/h1-2,5,10H,3-4,6-7H2/t10-/m0/s1. The summed E-state index contributed by atoms with van der Waals surface area (Å²) in [5.74, 6) is 1.07. The van der Waals surface area contributed by atoms with Gasteiger partial charge in [-0.2, -0.15) is 0 Å².